The third-order valence-corrected chi connectivity index (χ3v) is 7.42. The van der Waals surface area contributed by atoms with E-state index < -0.39 is 0 Å². The van der Waals surface area contributed by atoms with Crippen LogP contribution in [-0.4, -0.2) is 48.3 Å². The first-order chi connectivity index (χ1) is 18.2. The number of aryl methyl sites for hydroxylation is 3. The Morgan fingerprint density at radius 3 is 2.45 bits per heavy atom. The van der Waals surface area contributed by atoms with Gasteiger partial charge in [-0.15, -0.1) is 0 Å². The summed E-state index contributed by atoms with van der Waals surface area (Å²) in [4.78, 5) is 23.5. The quantitative estimate of drug-likeness (QED) is 0.447. The second-order valence-corrected chi connectivity index (χ2v) is 10.2. The number of hydrogen-bond acceptors (Lipinski definition) is 8. The van der Waals surface area contributed by atoms with Crippen molar-refractivity contribution in [2.75, 3.05) is 36.5 Å². The van der Waals surface area contributed by atoms with Crippen LogP contribution in [0.5, 0.6) is 5.75 Å². The van der Waals surface area contributed by atoms with Crippen LogP contribution in [0.25, 0.3) is 11.1 Å². The van der Waals surface area contributed by atoms with Gasteiger partial charge in [0.05, 0.1) is 24.6 Å². The molecule has 0 amide bonds. The summed E-state index contributed by atoms with van der Waals surface area (Å²) >= 11 is 0. The molecule has 2 aromatic carbocycles. The topological polar surface area (TPSA) is 85.8 Å². The molecule has 0 spiro atoms. The Morgan fingerprint density at radius 1 is 1.05 bits per heavy atom. The smallest absolute Gasteiger partial charge is 0.303 e. The van der Waals surface area contributed by atoms with Crippen molar-refractivity contribution in [1.29, 1.82) is 0 Å². The first kappa shape index (κ1) is 26.0. The van der Waals surface area contributed by atoms with E-state index in [0.29, 0.717) is 19.8 Å². The molecule has 0 radical (unpaired) electrons. The van der Waals surface area contributed by atoms with Crippen LogP contribution in [0.1, 0.15) is 53.6 Å². The molecule has 38 heavy (non-hydrogen) atoms. The number of hydrogen-bond donors (Lipinski definition) is 1. The lowest BCUT2D eigenvalue weighted by molar-refractivity contribution is -0.149. The average molecular weight is 517 g/mol. The highest BCUT2D eigenvalue weighted by Crippen LogP contribution is 2.41. The highest BCUT2D eigenvalue weighted by Gasteiger charge is 2.34. The predicted molar refractivity (Wildman–Crippen MR) is 148 cm³/mol. The minimum atomic E-state index is -0.373. The molecule has 5 rings (SSSR count). The van der Waals surface area contributed by atoms with Crippen molar-refractivity contribution in [1.82, 2.24) is 9.97 Å². The number of carbonyl (C=O) groups is 1. The number of ether oxygens (including phenoxy) is 3. The van der Waals surface area contributed by atoms with E-state index in [0.717, 1.165) is 53.0 Å². The average Bonchev–Trinajstić information content (AvgIpc) is 3.19. The summed E-state index contributed by atoms with van der Waals surface area (Å²) in [7, 11) is 0. The Morgan fingerprint density at radius 2 is 1.76 bits per heavy atom. The molecule has 3 heterocycles. The number of carbonyl (C=O) groups excluding carboxylic acids is 1. The fourth-order valence-electron chi connectivity index (χ4n) is 5.46. The molecule has 8 nitrogen and oxygen atoms in total. The number of anilines is 2. The molecule has 3 aromatic rings. The van der Waals surface area contributed by atoms with E-state index in [4.69, 9.17) is 24.2 Å². The number of esters is 1. The second-order valence-electron chi connectivity index (χ2n) is 10.2. The third kappa shape index (κ3) is 5.05. The van der Waals surface area contributed by atoms with Crippen LogP contribution in [0.15, 0.2) is 30.3 Å². The van der Waals surface area contributed by atoms with Gasteiger partial charge in [-0.1, -0.05) is 12.1 Å². The molecular formula is C30H36N4O4. The lowest BCUT2D eigenvalue weighted by Gasteiger charge is -2.28. The van der Waals surface area contributed by atoms with Gasteiger partial charge in [0.1, 0.15) is 11.9 Å². The van der Waals surface area contributed by atoms with Crippen molar-refractivity contribution in [3.8, 4) is 16.9 Å². The largest absolute Gasteiger partial charge is 0.486 e. The van der Waals surface area contributed by atoms with E-state index in [-0.39, 0.29) is 18.2 Å². The highest BCUT2D eigenvalue weighted by molar-refractivity contribution is 5.76. The fraction of sp³-hybridized carbons (Fsp3) is 0.433. The monoisotopic (exact) mass is 516 g/mol. The van der Waals surface area contributed by atoms with E-state index in [2.05, 4.69) is 50.0 Å². The molecule has 0 bridgehead atoms. The van der Waals surface area contributed by atoms with Gasteiger partial charge in [-0.2, -0.15) is 0 Å². The van der Waals surface area contributed by atoms with Crippen LogP contribution in [0, 0.1) is 27.7 Å². The Labute approximate surface area is 224 Å². The van der Waals surface area contributed by atoms with Crippen LogP contribution in [0.2, 0.25) is 0 Å². The maximum absolute atomic E-state index is 11.5. The molecule has 8 heteroatoms. The van der Waals surface area contributed by atoms with Crippen LogP contribution in [0.3, 0.4) is 0 Å². The second kappa shape index (κ2) is 10.6. The highest BCUT2D eigenvalue weighted by atomic mass is 16.6. The van der Waals surface area contributed by atoms with E-state index in [1.54, 1.807) is 0 Å². The molecule has 1 N–H and O–H groups in total. The number of rotatable bonds is 6. The van der Waals surface area contributed by atoms with Crippen molar-refractivity contribution in [3.05, 3.63) is 64.0 Å². The molecule has 200 valence electrons. The Kier molecular flexibility index (Phi) is 7.25. The Hall–Kier alpha value is -3.65. The summed E-state index contributed by atoms with van der Waals surface area (Å²) in [6.07, 6.45) is -0.587. The van der Waals surface area contributed by atoms with Gasteiger partial charge < -0.3 is 24.4 Å². The zero-order valence-electron chi connectivity index (χ0n) is 23.1. The maximum atomic E-state index is 11.5. The number of benzene rings is 2. The van der Waals surface area contributed by atoms with E-state index >= 15 is 0 Å². The van der Waals surface area contributed by atoms with Crippen molar-refractivity contribution in [2.24, 2.45) is 0 Å². The van der Waals surface area contributed by atoms with Crippen LogP contribution >= 0.6 is 0 Å². The van der Waals surface area contributed by atoms with Gasteiger partial charge in [0.15, 0.2) is 6.10 Å². The number of nitrogens with zero attached hydrogens (tertiary/aromatic N) is 3. The molecule has 2 atom stereocenters. The molecule has 1 fully saturated rings. The fourth-order valence-corrected chi connectivity index (χ4v) is 5.46. The summed E-state index contributed by atoms with van der Waals surface area (Å²) in [5.41, 5.74) is 9.76. The van der Waals surface area contributed by atoms with E-state index in [1.807, 2.05) is 25.1 Å². The molecule has 1 saturated heterocycles. The molecular weight excluding hydrogens is 480 g/mol. The molecule has 2 aliphatic heterocycles. The Bertz CT molecular complexity index is 1340. The van der Waals surface area contributed by atoms with Crippen LogP contribution in [-0.2, 0) is 20.8 Å². The van der Waals surface area contributed by atoms with Gasteiger partial charge in [-0.3, -0.25) is 4.79 Å². The number of morpholine rings is 1. The van der Waals surface area contributed by atoms with Gasteiger partial charge in [-0.05, 0) is 69.0 Å². The van der Waals surface area contributed by atoms with Gasteiger partial charge in [0.25, 0.3) is 0 Å². The summed E-state index contributed by atoms with van der Waals surface area (Å²) in [6, 6.07) is 10.3. The lowest BCUT2D eigenvalue weighted by atomic mass is 9.90. The number of nitrogens with one attached hydrogen (secondary N) is 1. The lowest BCUT2D eigenvalue weighted by Crippen LogP contribution is -2.37. The van der Waals surface area contributed by atoms with Crippen LogP contribution in [0.4, 0.5) is 11.6 Å². The minimum Gasteiger partial charge on any atom is -0.486 e. The Balaban J connectivity index is 1.38. The van der Waals surface area contributed by atoms with Crippen molar-refractivity contribution >= 4 is 17.6 Å². The first-order valence-electron chi connectivity index (χ1n) is 13.2. The molecule has 0 saturated carbocycles. The molecule has 2 aliphatic rings. The molecule has 0 aliphatic carbocycles. The maximum Gasteiger partial charge on any atom is 0.303 e. The predicted octanol–water partition coefficient (Wildman–Crippen LogP) is 5.21. The summed E-state index contributed by atoms with van der Waals surface area (Å²) in [5.74, 6) is 1.22. The zero-order valence-corrected chi connectivity index (χ0v) is 23.1. The normalized spacial score (nSPS) is 18.6. The molecule has 1 aromatic heterocycles. The standard InChI is InChI=1S/C30H36N4O4/c1-17-7-8-23(16-31-24-9-10-25-26(15-24)37-21(5)29(25)38-22(6)35)18(2)27(17)28-19(3)32-30(33-20(28)4)34-11-13-36-14-12-34/h7-10,15,21,29,31H,11-14,16H2,1-6H3/t21?,29-/m1/s1. The van der Waals surface area contributed by atoms with Crippen molar-refractivity contribution < 1.29 is 19.0 Å². The molecule has 1 unspecified atom stereocenters. The number of fused-ring (bicyclic) bond motifs is 1. The first-order valence-corrected chi connectivity index (χ1v) is 13.2. The summed E-state index contributed by atoms with van der Waals surface area (Å²) < 4.78 is 16.9. The van der Waals surface area contributed by atoms with Crippen molar-refractivity contribution in [3.63, 3.8) is 0 Å². The third-order valence-electron chi connectivity index (χ3n) is 7.42. The SMILES string of the molecule is CC(=O)O[C@H]1c2ccc(NCc3ccc(C)c(-c4c(C)nc(N5CCOCC5)nc4C)c3C)cc2OC1C. The van der Waals surface area contributed by atoms with Gasteiger partial charge in [0.2, 0.25) is 5.95 Å². The summed E-state index contributed by atoms with van der Waals surface area (Å²) in [5, 5.41) is 3.54. The van der Waals surface area contributed by atoms with E-state index in [9.17, 15) is 4.79 Å². The minimum absolute atomic E-state index is 0.214. The van der Waals surface area contributed by atoms with Crippen molar-refractivity contribution in [2.45, 2.75) is 60.3 Å². The zero-order chi connectivity index (χ0) is 27.0. The van der Waals surface area contributed by atoms with Gasteiger partial charge in [-0.25, -0.2) is 9.97 Å². The number of aromatic nitrogens is 2. The van der Waals surface area contributed by atoms with Gasteiger partial charge >= 0.3 is 5.97 Å². The van der Waals surface area contributed by atoms with Crippen LogP contribution < -0.4 is 15.0 Å². The van der Waals surface area contributed by atoms with Gasteiger partial charge in [0, 0.05) is 49.4 Å². The van der Waals surface area contributed by atoms with E-state index in [1.165, 1.54) is 29.2 Å². The summed E-state index contributed by atoms with van der Waals surface area (Å²) in [6.45, 7) is 15.5.